The molecule has 124 valence electrons. The number of methoxy groups -OCH3 is 2. The third-order valence-corrected chi connectivity index (χ3v) is 5.53. The van der Waals surface area contributed by atoms with Gasteiger partial charge in [0.2, 0.25) is 0 Å². The quantitative estimate of drug-likeness (QED) is 0.541. The zero-order valence-corrected chi connectivity index (χ0v) is 16.2. The topological polar surface area (TPSA) is 18.5 Å². The van der Waals surface area contributed by atoms with Crippen LogP contribution in [-0.4, -0.2) is 14.2 Å². The number of benzene rings is 2. The molecule has 2 aromatic carbocycles. The minimum atomic E-state index is -0.514. The van der Waals surface area contributed by atoms with Crippen LogP contribution in [0, 0.1) is 0 Å². The minimum Gasteiger partial charge on any atom is -0.497 e. The first-order valence-corrected chi connectivity index (χ1v) is 8.31. The van der Waals surface area contributed by atoms with E-state index in [2.05, 4.69) is 0 Å². The number of ether oxygens (including phenoxy) is 2. The predicted molar refractivity (Wildman–Crippen MR) is 98.2 cm³/mol. The molecule has 0 amide bonds. The van der Waals surface area contributed by atoms with Gasteiger partial charge in [-0.15, -0.1) is 0 Å². The standard InChI is InChI=1S/C17H16Cl4O2/c1-17(2,9-5-7-10(22-3)8-6-9)11-12(18)14(20)16(23-4)15(21)13(11)19/h5-8H,1-4H3. The Balaban J connectivity index is 2.68. The summed E-state index contributed by atoms with van der Waals surface area (Å²) in [6.07, 6.45) is 0. The van der Waals surface area contributed by atoms with Gasteiger partial charge in [-0.3, -0.25) is 0 Å². The van der Waals surface area contributed by atoms with Gasteiger partial charge in [0.1, 0.15) is 15.8 Å². The molecule has 0 aliphatic rings. The molecule has 0 aromatic heterocycles. The van der Waals surface area contributed by atoms with Gasteiger partial charge in [0.05, 0.1) is 24.3 Å². The number of halogens is 4. The van der Waals surface area contributed by atoms with Crippen molar-refractivity contribution in [2.24, 2.45) is 0 Å². The molecule has 0 spiro atoms. The monoisotopic (exact) mass is 392 g/mol. The fourth-order valence-electron chi connectivity index (χ4n) is 2.49. The van der Waals surface area contributed by atoms with Gasteiger partial charge >= 0.3 is 0 Å². The third kappa shape index (κ3) is 3.23. The van der Waals surface area contributed by atoms with Crippen molar-refractivity contribution < 1.29 is 9.47 Å². The summed E-state index contributed by atoms with van der Waals surface area (Å²) in [5, 5.41) is 1.16. The highest BCUT2D eigenvalue weighted by atomic mass is 35.5. The SMILES string of the molecule is COc1ccc(C(C)(C)c2c(Cl)c(Cl)c(OC)c(Cl)c2Cl)cc1. The smallest absolute Gasteiger partial charge is 0.159 e. The van der Waals surface area contributed by atoms with E-state index in [1.165, 1.54) is 7.11 Å². The molecule has 0 aliphatic heterocycles. The highest BCUT2D eigenvalue weighted by molar-refractivity contribution is 6.49. The van der Waals surface area contributed by atoms with Gasteiger partial charge in [0.25, 0.3) is 0 Å². The van der Waals surface area contributed by atoms with Crippen LogP contribution in [0.1, 0.15) is 25.0 Å². The second-order valence-electron chi connectivity index (χ2n) is 5.52. The minimum absolute atomic E-state index is 0.250. The van der Waals surface area contributed by atoms with Crippen molar-refractivity contribution in [3.8, 4) is 11.5 Å². The maximum atomic E-state index is 6.47. The van der Waals surface area contributed by atoms with Crippen LogP contribution in [-0.2, 0) is 5.41 Å². The van der Waals surface area contributed by atoms with Gasteiger partial charge in [-0.1, -0.05) is 72.4 Å². The highest BCUT2D eigenvalue weighted by Crippen LogP contribution is 2.51. The Morgan fingerprint density at radius 1 is 0.739 bits per heavy atom. The lowest BCUT2D eigenvalue weighted by Gasteiger charge is -2.29. The Morgan fingerprint density at radius 3 is 1.61 bits per heavy atom. The molecule has 0 bridgehead atoms. The lowest BCUT2D eigenvalue weighted by Crippen LogP contribution is -2.20. The third-order valence-electron chi connectivity index (χ3n) is 3.86. The summed E-state index contributed by atoms with van der Waals surface area (Å²) in [6.45, 7) is 4.00. The second-order valence-corrected chi connectivity index (χ2v) is 7.03. The van der Waals surface area contributed by atoms with Crippen molar-refractivity contribution >= 4 is 46.4 Å². The Kier molecular flexibility index (Phi) is 5.63. The number of rotatable bonds is 4. The summed E-state index contributed by atoms with van der Waals surface area (Å²) in [5.41, 5.74) is 1.14. The summed E-state index contributed by atoms with van der Waals surface area (Å²) in [6, 6.07) is 7.67. The van der Waals surface area contributed by atoms with Crippen molar-refractivity contribution in [3.05, 3.63) is 55.5 Å². The molecular weight excluding hydrogens is 378 g/mol. The molecule has 0 saturated heterocycles. The van der Waals surface area contributed by atoms with Gasteiger partial charge in [-0.2, -0.15) is 0 Å². The van der Waals surface area contributed by atoms with E-state index in [1.807, 2.05) is 38.1 Å². The normalized spacial score (nSPS) is 11.5. The van der Waals surface area contributed by atoms with Crippen molar-refractivity contribution in [3.63, 3.8) is 0 Å². The molecule has 0 aliphatic carbocycles. The first-order valence-electron chi connectivity index (χ1n) is 6.80. The highest BCUT2D eigenvalue weighted by Gasteiger charge is 2.33. The van der Waals surface area contributed by atoms with Crippen molar-refractivity contribution in [2.45, 2.75) is 19.3 Å². The van der Waals surface area contributed by atoms with Crippen LogP contribution in [0.4, 0.5) is 0 Å². The zero-order valence-electron chi connectivity index (χ0n) is 13.1. The molecule has 0 radical (unpaired) electrons. The van der Waals surface area contributed by atoms with Crippen molar-refractivity contribution in [2.75, 3.05) is 14.2 Å². The van der Waals surface area contributed by atoms with Crippen LogP contribution < -0.4 is 9.47 Å². The van der Waals surface area contributed by atoms with Crippen LogP contribution in [0.5, 0.6) is 11.5 Å². The van der Waals surface area contributed by atoms with E-state index >= 15 is 0 Å². The van der Waals surface area contributed by atoms with Crippen LogP contribution in [0.25, 0.3) is 0 Å². The molecule has 2 aromatic rings. The van der Waals surface area contributed by atoms with E-state index in [0.29, 0.717) is 15.6 Å². The molecule has 2 nitrogen and oxygen atoms in total. The summed E-state index contributed by atoms with van der Waals surface area (Å²) in [4.78, 5) is 0. The van der Waals surface area contributed by atoms with Gasteiger partial charge in [0, 0.05) is 11.0 Å². The summed E-state index contributed by atoms with van der Waals surface area (Å²) in [5.74, 6) is 1.05. The molecule has 0 N–H and O–H groups in total. The summed E-state index contributed by atoms with van der Waals surface area (Å²) >= 11 is 25.5. The lowest BCUT2D eigenvalue weighted by atomic mass is 9.78. The Labute approximate surface area is 156 Å². The van der Waals surface area contributed by atoms with Crippen LogP contribution in [0.2, 0.25) is 20.1 Å². The van der Waals surface area contributed by atoms with Crippen LogP contribution >= 0.6 is 46.4 Å². The molecular formula is C17H16Cl4O2. The first-order chi connectivity index (χ1) is 10.8. The van der Waals surface area contributed by atoms with Gasteiger partial charge in [-0.05, 0) is 17.7 Å². The molecule has 0 atom stereocenters. The van der Waals surface area contributed by atoms with E-state index in [0.717, 1.165) is 11.3 Å². The maximum Gasteiger partial charge on any atom is 0.159 e. The van der Waals surface area contributed by atoms with Crippen LogP contribution in [0.15, 0.2) is 24.3 Å². The average molecular weight is 394 g/mol. The van der Waals surface area contributed by atoms with Crippen molar-refractivity contribution in [1.29, 1.82) is 0 Å². The van der Waals surface area contributed by atoms with Gasteiger partial charge in [0.15, 0.2) is 5.75 Å². The fraction of sp³-hybridized carbons (Fsp3) is 0.294. The van der Waals surface area contributed by atoms with Crippen molar-refractivity contribution in [1.82, 2.24) is 0 Å². The molecule has 23 heavy (non-hydrogen) atoms. The van der Waals surface area contributed by atoms with E-state index in [9.17, 15) is 0 Å². The molecule has 0 heterocycles. The maximum absolute atomic E-state index is 6.47. The molecule has 0 fully saturated rings. The lowest BCUT2D eigenvalue weighted by molar-refractivity contribution is 0.414. The Morgan fingerprint density at radius 2 is 1.22 bits per heavy atom. The van der Waals surface area contributed by atoms with Crippen LogP contribution in [0.3, 0.4) is 0 Å². The average Bonchev–Trinajstić information content (AvgIpc) is 2.53. The van der Waals surface area contributed by atoms with E-state index in [-0.39, 0.29) is 15.8 Å². The molecule has 2 rings (SSSR count). The molecule has 0 unspecified atom stereocenters. The largest absolute Gasteiger partial charge is 0.497 e. The van der Waals surface area contributed by atoms with Gasteiger partial charge < -0.3 is 9.47 Å². The number of hydrogen-bond donors (Lipinski definition) is 0. The first kappa shape index (κ1) is 18.5. The van der Waals surface area contributed by atoms with E-state index in [1.54, 1.807) is 7.11 Å². The Hall–Kier alpha value is -0.800. The zero-order chi connectivity index (χ0) is 17.4. The summed E-state index contributed by atoms with van der Waals surface area (Å²) < 4.78 is 10.4. The van der Waals surface area contributed by atoms with E-state index in [4.69, 9.17) is 55.9 Å². The summed E-state index contributed by atoms with van der Waals surface area (Å²) in [7, 11) is 3.09. The fourth-order valence-corrected chi connectivity index (χ4v) is 3.95. The predicted octanol–water partition coefficient (Wildman–Crippen LogP) is 6.64. The second kappa shape index (κ2) is 6.98. The Bertz CT molecular complexity index is 695. The van der Waals surface area contributed by atoms with E-state index < -0.39 is 5.41 Å². The van der Waals surface area contributed by atoms with Gasteiger partial charge in [-0.25, -0.2) is 0 Å². The number of hydrogen-bond acceptors (Lipinski definition) is 2. The molecule has 0 saturated carbocycles. The molecule has 6 heteroatoms.